The van der Waals surface area contributed by atoms with Crippen molar-refractivity contribution in [3.05, 3.63) is 40.9 Å². The predicted molar refractivity (Wildman–Crippen MR) is 84.4 cm³/mol. The maximum absolute atomic E-state index is 12.0. The predicted octanol–water partition coefficient (Wildman–Crippen LogP) is 3.71. The molecule has 0 amide bonds. The van der Waals surface area contributed by atoms with Gasteiger partial charge >= 0.3 is 0 Å². The first-order valence-corrected chi connectivity index (χ1v) is 8.33. The van der Waals surface area contributed by atoms with Gasteiger partial charge in [0.1, 0.15) is 11.6 Å². The van der Waals surface area contributed by atoms with Crippen LogP contribution in [0.25, 0.3) is 5.69 Å². The Labute approximate surface area is 134 Å². The highest BCUT2D eigenvalue weighted by Gasteiger charge is 2.31. The van der Waals surface area contributed by atoms with Crippen molar-refractivity contribution in [2.45, 2.75) is 44.4 Å². The minimum absolute atomic E-state index is 0.0949. The van der Waals surface area contributed by atoms with Crippen LogP contribution in [-0.2, 0) is 11.2 Å². The molecular weight excluding hydrogens is 298 g/mol. The highest BCUT2D eigenvalue weighted by molar-refractivity contribution is 6.32. The van der Waals surface area contributed by atoms with Gasteiger partial charge in [-0.2, -0.15) is 5.10 Å². The van der Waals surface area contributed by atoms with Crippen molar-refractivity contribution in [3.63, 3.8) is 0 Å². The molecule has 4 nitrogen and oxygen atoms in total. The molecule has 2 saturated carbocycles. The van der Waals surface area contributed by atoms with Gasteiger partial charge in [0.15, 0.2) is 5.82 Å². The molecule has 22 heavy (non-hydrogen) atoms. The molecule has 0 aliphatic heterocycles. The van der Waals surface area contributed by atoms with Crippen LogP contribution >= 0.6 is 11.6 Å². The summed E-state index contributed by atoms with van der Waals surface area (Å²) in [7, 11) is 0. The van der Waals surface area contributed by atoms with Crippen molar-refractivity contribution in [1.29, 1.82) is 0 Å². The van der Waals surface area contributed by atoms with Crippen molar-refractivity contribution in [2.24, 2.45) is 5.92 Å². The van der Waals surface area contributed by atoms with Crippen LogP contribution in [-0.4, -0.2) is 20.5 Å². The van der Waals surface area contributed by atoms with Crippen molar-refractivity contribution < 1.29 is 4.79 Å². The van der Waals surface area contributed by atoms with Gasteiger partial charge in [-0.1, -0.05) is 23.7 Å². The molecule has 2 aliphatic carbocycles. The summed E-state index contributed by atoms with van der Waals surface area (Å²) in [4.78, 5) is 16.7. The third-order valence-corrected chi connectivity index (χ3v) is 4.89. The minimum atomic E-state index is 0.0949. The lowest BCUT2D eigenvalue weighted by molar-refractivity contribution is -0.120. The number of Topliss-reactive ketones (excluding diaryl/α,β-unsaturated/α-hetero) is 1. The topological polar surface area (TPSA) is 47.8 Å². The molecule has 114 valence electrons. The number of rotatable bonds is 4. The number of nitrogens with zero attached hydrogens (tertiary/aromatic N) is 3. The number of halogens is 1. The molecule has 0 saturated heterocycles. The average molecular weight is 316 g/mol. The first-order chi connectivity index (χ1) is 10.7. The SMILES string of the molecule is O=C1CCCC1Cc1nc(C2CC2)nn1-c1ccccc1Cl. The van der Waals surface area contributed by atoms with Crippen LogP contribution in [0.3, 0.4) is 0 Å². The zero-order valence-electron chi connectivity index (χ0n) is 12.3. The molecule has 1 unspecified atom stereocenters. The molecule has 1 aromatic heterocycles. The minimum Gasteiger partial charge on any atom is -0.299 e. The van der Waals surface area contributed by atoms with Crippen molar-refractivity contribution in [2.75, 3.05) is 0 Å². The Bertz CT molecular complexity index is 720. The number of carbonyl (C=O) groups is 1. The second-order valence-electron chi connectivity index (χ2n) is 6.28. The van der Waals surface area contributed by atoms with E-state index in [0.717, 1.165) is 43.0 Å². The normalized spacial score (nSPS) is 21.5. The van der Waals surface area contributed by atoms with Crippen LogP contribution in [0.5, 0.6) is 0 Å². The van der Waals surface area contributed by atoms with E-state index in [1.807, 2.05) is 28.9 Å². The highest BCUT2D eigenvalue weighted by atomic mass is 35.5. The molecule has 0 spiro atoms. The quantitative estimate of drug-likeness (QED) is 0.864. The third kappa shape index (κ3) is 2.56. The second kappa shape index (κ2) is 5.51. The summed E-state index contributed by atoms with van der Waals surface area (Å²) in [5, 5.41) is 5.34. The molecule has 1 atom stereocenters. The molecule has 1 heterocycles. The first-order valence-electron chi connectivity index (χ1n) is 7.96. The lowest BCUT2D eigenvalue weighted by atomic mass is 10.0. The molecule has 0 radical (unpaired) electrons. The summed E-state index contributed by atoms with van der Waals surface area (Å²) >= 11 is 6.32. The van der Waals surface area contributed by atoms with Crippen LogP contribution in [0.4, 0.5) is 0 Å². The fourth-order valence-electron chi connectivity index (χ4n) is 3.15. The van der Waals surface area contributed by atoms with E-state index >= 15 is 0 Å². The molecule has 2 aromatic rings. The molecule has 0 bridgehead atoms. The van der Waals surface area contributed by atoms with E-state index in [-0.39, 0.29) is 5.92 Å². The maximum Gasteiger partial charge on any atom is 0.154 e. The fraction of sp³-hybridized carbons (Fsp3) is 0.471. The van der Waals surface area contributed by atoms with E-state index in [1.165, 1.54) is 0 Å². The Morgan fingerprint density at radius 1 is 1.23 bits per heavy atom. The average Bonchev–Trinajstić information content (AvgIpc) is 3.17. The summed E-state index contributed by atoms with van der Waals surface area (Å²) in [6.07, 6.45) is 5.67. The van der Waals surface area contributed by atoms with Crippen LogP contribution < -0.4 is 0 Å². The van der Waals surface area contributed by atoms with Gasteiger partial charge in [-0.25, -0.2) is 9.67 Å². The summed E-state index contributed by atoms with van der Waals surface area (Å²) in [6.45, 7) is 0. The number of aromatic nitrogens is 3. The summed E-state index contributed by atoms with van der Waals surface area (Å²) < 4.78 is 1.85. The number of ketones is 1. The Morgan fingerprint density at radius 2 is 2.05 bits per heavy atom. The van der Waals surface area contributed by atoms with Crippen LogP contribution in [0.1, 0.15) is 49.7 Å². The molecule has 5 heteroatoms. The van der Waals surface area contributed by atoms with Gasteiger partial charge in [-0.05, 0) is 37.8 Å². The monoisotopic (exact) mass is 315 g/mol. The van der Waals surface area contributed by atoms with Gasteiger partial charge in [-0.3, -0.25) is 4.79 Å². The smallest absolute Gasteiger partial charge is 0.154 e. The number of hydrogen-bond acceptors (Lipinski definition) is 3. The zero-order chi connectivity index (χ0) is 15.1. The Morgan fingerprint density at radius 3 is 2.73 bits per heavy atom. The standard InChI is InChI=1S/C17H18ClN3O/c18-13-5-1-2-6-14(13)21-16(10-12-4-3-7-15(12)22)19-17(20-21)11-8-9-11/h1-2,5-6,11-12H,3-4,7-10H2. The van der Waals surface area contributed by atoms with Crippen molar-refractivity contribution in [1.82, 2.24) is 14.8 Å². The van der Waals surface area contributed by atoms with Gasteiger partial charge in [-0.15, -0.1) is 0 Å². The lowest BCUT2D eigenvalue weighted by Crippen LogP contribution is -2.14. The van der Waals surface area contributed by atoms with Gasteiger partial charge in [0.05, 0.1) is 10.7 Å². The molecule has 2 fully saturated rings. The number of hydrogen-bond donors (Lipinski definition) is 0. The Balaban J connectivity index is 1.72. The number of benzene rings is 1. The maximum atomic E-state index is 12.0. The molecule has 1 aromatic carbocycles. The van der Waals surface area contributed by atoms with Crippen LogP contribution in [0.15, 0.2) is 24.3 Å². The fourth-order valence-corrected chi connectivity index (χ4v) is 3.36. The van der Waals surface area contributed by atoms with Gasteiger partial charge < -0.3 is 0 Å². The van der Waals surface area contributed by atoms with E-state index in [9.17, 15) is 4.79 Å². The second-order valence-corrected chi connectivity index (χ2v) is 6.69. The molecular formula is C17H18ClN3O. The van der Waals surface area contributed by atoms with Gasteiger partial charge in [0, 0.05) is 24.7 Å². The van der Waals surface area contributed by atoms with Gasteiger partial charge in [0.25, 0.3) is 0 Å². The zero-order valence-corrected chi connectivity index (χ0v) is 13.1. The lowest BCUT2D eigenvalue weighted by Gasteiger charge is -2.10. The summed E-state index contributed by atoms with van der Waals surface area (Å²) in [5.74, 6) is 2.72. The van der Waals surface area contributed by atoms with E-state index < -0.39 is 0 Å². The Kier molecular flexibility index (Phi) is 3.49. The number of para-hydroxylation sites is 1. The highest BCUT2D eigenvalue weighted by Crippen LogP contribution is 2.39. The van der Waals surface area contributed by atoms with Crippen molar-refractivity contribution >= 4 is 17.4 Å². The van der Waals surface area contributed by atoms with Crippen LogP contribution in [0.2, 0.25) is 5.02 Å². The largest absolute Gasteiger partial charge is 0.299 e. The summed E-state index contributed by atoms with van der Waals surface area (Å²) in [5.41, 5.74) is 0.851. The summed E-state index contributed by atoms with van der Waals surface area (Å²) in [6, 6.07) is 7.67. The van der Waals surface area contributed by atoms with Crippen LogP contribution in [0, 0.1) is 5.92 Å². The van der Waals surface area contributed by atoms with Gasteiger partial charge in [0.2, 0.25) is 0 Å². The molecule has 4 rings (SSSR count). The molecule has 2 aliphatic rings. The molecule has 0 N–H and O–H groups in total. The van der Waals surface area contributed by atoms with E-state index in [4.69, 9.17) is 16.6 Å². The van der Waals surface area contributed by atoms with E-state index in [1.54, 1.807) is 0 Å². The van der Waals surface area contributed by atoms with E-state index in [2.05, 4.69) is 5.10 Å². The number of carbonyl (C=O) groups excluding carboxylic acids is 1. The first kappa shape index (κ1) is 13.9. The third-order valence-electron chi connectivity index (χ3n) is 4.57. The Hall–Kier alpha value is -1.68. The van der Waals surface area contributed by atoms with E-state index in [0.29, 0.717) is 29.6 Å². The van der Waals surface area contributed by atoms with Crippen molar-refractivity contribution in [3.8, 4) is 5.69 Å².